The summed E-state index contributed by atoms with van der Waals surface area (Å²) in [7, 11) is 0. The number of hydrogen-bond acceptors (Lipinski definition) is 4. The molecule has 1 aliphatic rings. The first-order chi connectivity index (χ1) is 8.50. The molecule has 0 aliphatic carbocycles. The fourth-order valence-corrected chi connectivity index (χ4v) is 3.00. The summed E-state index contributed by atoms with van der Waals surface area (Å²) in [5, 5.41) is 12.2. The van der Waals surface area contributed by atoms with Crippen LogP contribution in [-0.4, -0.2) is 29.7 Å². The van der Waals surface area contributed by atoms with E-state index in [1.807, 2.05) is 6.92 Å². The molecular weight excluding hydrogens is 254 g/mol. The van der Waals surface area contributed by atoms with Crippen LogP contribution in [0, 0.1) is 13.8 Å². The number of rotatable bonds is 3. The molecule has 0 radical (unpaired) electrons. The standard InChI is InChI=1S/C12H15NO4S/c1-6-7(2)18-11(9(6)12(15)16)13-10(14)8-4-3-5-17-8/h8H,3-5H2,1-2H3,(H,13,14)(H,15,16). The van der Waals surface area contributed by atoms with Gasteiger partial charge in [-0.1, -0.05) is 0 Å². The van der Waals surface area contributed by atoms with Crippen molar-refractivity contribution in [2.24, 2.45) is 0 Å². The zero-order chi connectivity index (χ0) is 13.3. The average molecular weight is 269 g/mol. The lowest BCUT2D eigenvalue weighted by Gasteiger charge is -2.09. The maximum atomic E-state index is 11.9. The highest BCUT2D eigenvalue weighted by Gasteiger charge is 2.26. The molecule has 1 aliphatic heterocycles. The van der Waals surface area contributed by atoms with Crippen molar-refractivity contribution >= 4 is 28.2 Å². The first-order valence-corrected chi connectivity index (χ1v) is 6.58. The minimum absolute atomic E-state index is 0.184. The largest absolute Gasteiger partial charge is 0.478 e. The van der Waals surface area contributed by atoms with Crippen molar-refractivity contribution in [3.05, 3.63) is 16.0 Å². The van der Waals surface area contributed by atoms with Gasteiger partial charge in [-0.2, -0.15) is 0 Å². The van der Waals surface area contributed by atoms with Crippen LogP contribution in [0.2, 0.25) is 0 Å². The molecule has 0 spiro atoms. The summed E-state index contributed by atoms with van der Waals surface area (Å²) >= 11 is 1.29. The molecule has 1 saturated heterocycles. The predicted molar refractivity (Wildman–Crippen MR) is 68.4 cm³/mol. The van der Waals surface area contributed by atoms with E-state index in [4.69, 9.17) is 9.84 Å². The maximum absolute atomic E-state index is 11.9. The van der Waals surface area contributed by atoms with Gasteiger partial charge in [0.25, 0.3) is 5.91 Å². The van der Waals surface area contributed by atoms with Crippen molar-refractivity contribution in [3.8, 4) is 0 Å². The van der Waals surface area contributed by atoms with Crippen LogP contribution < -0.4 is 5.32 Å². The van der Waals surface area contributed by atoms with E-state index in [1.54, 1.807) is 6.92 Å². The Balaban J connectivity index is 2.20. The predicted octanol–water partition coefficient (Wildman–Crippen LogP) is 2.18. The van der Waals surface area contributed by atoms with Gasteiger partial charge in [0.1, 0.15) is 11.1 Å². The first kappa shape index (κ1) is 13.0. The number of nitrogens with one attached hydrogen (secondary N) is 1. The molecule has 6 heteroatoms. The van der Waals surface area contributed by atoms with E-state index in [0.29, 0.717) is 23.6 Å². The Morgan fingerprint density at radius 2 is 2.17 bits per heavy atom. The summed E-state index contributed by atoms with van der Waals surface area (Å²) in [6, 6.07) is 0. The SMILES string of the molecule is Cc1sc(NC(=O)C2CCCO2)c(C(=O)O)c1C. The number of aromatic carboxylic acids is 1. The monoisotopic (exact) mass is 269 g/mol. The number of carboxylic acids is 1. The second-order valence-corrected chi connectivity index (χ2v) is 5.51. The quantitative estimate of drug-likeness (QED) is 0.882. The van der Waals surface area contributed by atoms with E-state index < -0.39 is 12.1 Å². The van der Waals surface area contributed by atoms with Crippen LogP contribution in [0.25, 0.3) is 0 Å². The molecule has 1 atom stereocenters. The number of anilines is 1. The second kappa shape index (κ2) is 5.07. The highest BCUT2D eigenvalue weighted by Crippen LogP contribution is 2.32. The normalized spacial score (nSPS) is 18.9. The Kier molecular flexibility index (Phi) is 3.68. The third kappa shape index (κ3) is 2.39. The molecule has 0 bridgehead atoms. The van der Waals surface area contributed by atoms with E-state index in [0.717, 1.165) is 11.3 Å². The topological polar surface area (TPSA) is 75.6 Å². The number of hydrogen-bond donors (Lipinski definition) is 2. The number of carbonyl (C=O) groups excluding carboxylic acids is 1. The summed E-state index contributed by atoms with van der Waals surface area (Å²) in [5.74, 6) is -1.27. The lowest BCUT2D eigenvalue weighted by molar-refractivity contribution is -0.124. The van der Waals surface area contributed by atoms with Crippen LogP contribution in [0.15, 0.2) is 0 Å². The zero-order valence-electron chi connectivity index (χ0n) is 10.3. The fourth-order valence-electron chi connectivity index (χ4n) is 1.95. The molecule has 18 heavy (non-hydrogen) atoms. The number of ether oxygens (including phenoxy) is 1. The summed E-state index contributed by atoms with van der Waals surface area (Å²) in [4.78, 5) is 24.0. The zero-order valence-corrected chi connectivity index (χ0v) is 11.1. The Bertz CT molecular complexity index is 489. The molecule has 1 aromatic heterocycles. The van der Waals surface area contributed by atoms with Crippen LogP contribution in [0.3, 0.4) is 0 Å². The molecule has 2 heterocycles. The van der Waals surface area contributed by atoms with Gasteiger partial charge in [-0.15, -0.1) is 11.3 Å². The fraction of sp³-hybridized carbons (Fsp3) is 0.500. The third-order valence-corrected chi connectivity index (χ3v) is 4.18. The van der Waals surface area contributed by atoms with Gasteiger partial charge >= 0.3 is 5.97 Å². The molecule has 2 N–H and O–H groups in total. The Hall–Kier alpha value is -1.40. The van der Waals surface area contributed by atoms with Crippen molar-refractivity contribution in [2.45, 2.75) is 32.8 Å². The van der Waals surface area contributed by atoms with Gasteiger partial charge in [0.05, 0.1) is 5.56 Å². The van der Waals surface area contributed by atoms with Crippen molar-refractivity contribution in [3.63, 3.8) is 0 Å². The Labute approximate surface area is 109 Å². The first-order valence-electron chi connectivity index (χ1n) is 5.76. The number of aryl methyl sites for hydroxylation is 1. The Morgan fingerprint density at radius 1 is 1.44 bits per heavy atom. The van der Waals surface area contributed by atoms with E-state index >= 15 is 0 Å². The van der Waals surface area contributed by atoms with E-state index in [1.165, 1.54) is 11.3 Å². The summed E-state index contributed by atoms with van der Waals surface area (Å²) in [6.45, 7) is 4.18. The molecule has 5 nitrogen and oxygen atoms in total. The smallest absolute Gasteiger partial charge is 0.338 e. The highest BCUT2D eigenvalue weighted by molar-refractivity contribution is 7.16. The Morgan fingerprint density at radius 3 is 2.72 bits per heavy atom. The van der Waals surface area contributed by atoms with Gasteiger partial charge in [-0.3, -0.25) is 4.79 Å². The van der Waals surface area contributed by atoms with Gasteiger partial charge < -0.3 is 15.2 Å². The summed E-state index contributed by atoms with van der Waals surface area (Å²) in [6.07, 6.45) is 1.11. The van der Waals surface area contributed by atoms with Gasteiger partial charge in [0, 0.05) is 11.5 Å². The molecule has 1 unspecified atom stereocenters. The van der Waals surface area contributed by atoms with Crippen LogP contribution in [0.1, 0.15) is 33.6 Å². The van der Waals surface area contributed by atoms with Crippen LogP contribution in [0.4, 0.5) is 5.00 Å². The van der Waals surface area contributed by atoms with Gasteiger partial charge in [-0.25, -0.2) is 4.79 Å². The van der Waals surface area contributed by atoms with Crippen LogP contribution in [-0.2, 0) is 9.53 Å². The van der Waals surface area contributed by atoms with E-state index in [-0.39, 0.29) is 11.5 Å². The molecular formula is C12H15NO4S. The van der Waals surface area contributed by atoms with Crippen molar-refractivity contribution in [1.29, 1.82) is 0 Å². The summed E-state index contributed by atoms with van der Waals surface area (Å²) in [5.41, 5.74) is 0.888. The number of carbonyl (C=O) groups is 2. The van der Waals surface area contributed by atoms with Crippen LogP contribution in [0.5, 0.6) is 0 Å². The minimum atomic E-state index is -1.01. The molecule has 0 saturated carbocycles. The highest BCUT2D eigenvalue weighted by atomic mass is 32.1. The molecule has 2 rings (SSSR count). The van der Waals surface area contributed by atoms with E-state index in [2.05, 4.69) is 5.32 Å². The number of thiophene rings is 1. The molecule has 98 valence electrons. The van der Waals surface area contributed by atoms with Crippen molar-refractivity contribution < 1.29 is 19.4 Å². The molecule has 1 aromatic rings. The molecule has 1 fully saturated rings. The van der Waals surface area contributed by atoms with Crippen molar-refractivity contribution in [1.82, 2.24) is 0 Å². The van der Waals surface area contributed by atoms with Gasteiger partial charge in [0.2, 0.25) is 0 Å². The van der Waals surface area contributed by atoms with Gasteiger partial charge in [-0.05, 0) is 32.3 Å². The second-order valence-electron chi connectivity index (χ2n) is 4.28. The van der Waals surface area contributed by atoms with Crippen LogP contribution >= 0.6 is 11.3 Å². The average Bonchev–Trinajstić information content (AvgIpc) is 2.88. The third-order valence-electron chi connectivity index (χ3n) is 3.06. The minimum Gasteiger partial charge on any atom is -0.478 e. The molecule has 0 aromatic carbocycles. The summed E-state index contributed by atoms with van der Waals surface area (Å²) < 4.78 is 5.27. The number of amides is 1. The molecule has 1 amide bonds. The van der Waals surface area contributed by atoms with Crippen molar-refractivity contribution in [2.75, 3.05) is 11.9 Å². The number of carboxylic acid groups (broad SMARTS) is 1. The lowest BCUT2D eigenvalue weighted by atomic mass is 10.1. The lowest BCUT2D eigenvalue weighted by Crippen LogP contribution is -2.27. The maximum Gasteiger partial charge on any atom is 0.338 e. The van der Waals surface area contributed by atoms with E-state index in [9.17, 15) is 9.59 Å². The van der Waals surface area contributed by atoms with Gasteiger partial charge in [0.15, 0.2) is 0 Å².